The van der Waals surface area contributed by atoms with Gasteiger partial charge in [0.2, 0.25) is 0 Å². The molecule has 2 rings (SSSR count). The topological polar surface area (TPSA) is 3.24 Å². The summed E-state index contributed by atoms with van der Waals surface area (Å²) in [6.07, 6.45) is 0. The van der Waals surface area contributed by atoms with Gasteiger partial charge in [0.15, 0.2) is 0 Å². The summed E-state index contributed by atoms with van der Waals surface area (Å²) in [6.45, 7) is 10.3. The molecule has 1 nitrogen and oxygen atoms in total. The molecule has 0 aliphatic heterocycles. The Kier molecular flexibility index (Phi) is 8.07. The minimum absolute atomic E-state index is 0.514. The van der Waals surface area contributed by atoms with E-state index in [-0.39, 0.29) is 0 Å². The Morgan fingerprint density at radius 1 is 0.783 bits per heavy atom. The second kappa shape index (κ2) is 10.1. The molecule has 0 fully saturated rings. The highest BCUT2D eigenvalue weighted by Crippen LogP contribution is 2.40. The molecule has 0 spiro atoms. The predicted octanol–water partition coefficient (Wildman–Crippen LogP) is 5.88. The number of hydrogen-bond donors (Lipinski definition) is 0. The largest absolute Gasteiger partial charge is 0.304 e. The van der Waals surface area contributed by atoms with Gasteiger partial charge in [0.1, 0.15) is 0 Å². The normalized spacial score (nSPS) is 12.7. The van der Waals surface area contributed by atoms with E-state index in [2.05, 4.69) is 86.3 Å². The van der Waals surface area contributed by atoms with E-state index in [1.807, 2.05) is 23.5 Å². The van der Waals surface area contributed by atoms with Crippen LogP contribution in [0.1, 0.15) is 20.8 Å². The van der Waals surface area contributed by atoms with Gasteiger partial charge in [-0.05, 0) is 43.3 Å². The molecule has 0 amide bonds. The number of thioether (sulfide) groups is 2. The molecule has 0 heterocycles. The first-order valence-corrected chi connectivity index (χ1v) is 10.1. The predicted molar refractivity (Wildman–Crippen MR) is 105 cm³/mol. The minimum Gasteiger partial charge on any atom is -0.304 e. The van der Waals surface area contributed by atoms with Crippen molar-refractivity contribution in [2.24, 2.45) is 5.92 Å². The molecule has 3 heteroatoms. The van der Waals surface area contributed by atoms with Gasteiger partial charge in [-0.2, -0.15) is 0 Å². The maximum Gasteiger partial charge on any atom is 0.0634 e. The molecule has 23 heavy (non-hydrogen) atoms. The average molecular weight is 346 g/mol. The Morgan fingerprint density at radius 3 is 1.61 bits per heavy atom. The SMILES string of the molecule is CCN(CC)CC(C)C(Sc1ccccc1)Sc1ccccc1. The van der Waals surface area contributed by atoms with Gasteiger partial charge in [-0.1, -0.05) is 57.2 Å². The lowest BCUT2D eigenvalue weighted by Gasteiger charge is -2.28. The van der Waals surface area contributed by atoms with Gasteiger partial charge in [0.05, 0.1) is 4.58 Å². The Morgan fingerprint density at radius 2 is 1.22 bits per heavy atom. The lowest BCUT2D eigenvalue weighted by atomic mass is 10.2. The van der Waals surface area contributed by atoms with Crippen LogP contribution in [0.3, 0.4) is 0 Å². The number of hydrogen-bond acceptors (Lipinski definition) is 3. The summed E-state index contributed by atoms with van der Waals surface area (Å²) in [7, 11) is 0. The molecule has 0 saturated carbocycles. The molecule has 2 aromatic rings. The van der Waals surface area contributed by atoms with Crippen molar-refractivity contribution in [2.45, 2.75) is 35.1 Å². The van der Waals surface area contributed by atoms with E-state index >= 15 is 0 Å². The van der Waals surface area contributed by atoms with Crippen LogP contribution in [0.5, 0.6) is 0 Å². The van der Waals surface area contributed by atoms with E-state index in [0.29, 0.717) is 10.5 Å². The van der Waals surface area contributed by atoms with E-state index in [1.165, 1.54) is 9.79 Å². The van der Waals surface area contributed by atoms with Gasteiger partial charge in [-0.15, -0.1) is 23.5 Å². The van der Waals surface area contributed by atoms with E-state index < -0.39 is 0 Å². The standard InChI is InChI=1S/C20H27NS2/c1-4-21(5-2)16-17(3)20(22-18-12-8-6-9-13-18)23-19-14-10-7-11-15-19/h6-15,17,20H,4-5,16H2,1-3H3. The summed E-state index contributed by atoms with van der Waals surface area (Å²) >= 11 is 3.98. The molecule has 0 bridgehead atoms. The fraction of sp³-hybridized carbons (Fsp3) is 0.400. The Bertz CT molecular complexity index is 499. The zero-order valence-electron chi connectivity index (χ0n) is 14.3. The van der Waals surface area contributed by atoms with Crippen molar-refractivity contribution >= 4 is 23.5 Å². The van der Waals surface area contributed by atoms with Crippen molar-refractivity contribution in [3.63, 3.8) is 0 Å². The Labute approximate surface area is 149 Å². The quantitative estimate of drug-likeness (QED) is 0.413. The highest BCUT2D eigenvalue weighted by molar-refractivity contribution is 8.17. The zero-order valence-corrected chi connectivity index (χ0v) is 15.9. The molecule has 0 aliphatic rings. The van der Waals surface area contributed by atoms with Gasteiger partial charge >= 0.3 is 0 Å². The maximum absolute atomic E-state index is 2.52. The van der Waals surface area contributed by atoms with Crippen LogP contribution in [0.2, 0.25) is 0 Å². The molecule has 0 radical (unpaired) electrons. The van der Waals surface area contributed by atoms with Gasteiger partial charge in [-0.25, -0.2) is 0 Å². The summed E-state index contributed by atoms with van der Waals surface area (Å²) in [4.78, 5) is 5.23. The number of rotatable bonds is 9. The third-order valence-corrected chi connectivity index (χ3v) is 6.96. The molecule has 0 aliphatic carbocycles. The van der Waals surface area contributed by atoms with Crippen LogP contribution in [-0.4, -0.2) is 29.1 Å². The fourth-order valence-corrected chi connectivity index (χ4v) is 5.16. The molecule has 1 unspecified atom stereocenters. The fourth-order valence-electron chi connectivity index (χ4n) is 2.50. The third kappa shape index (κ3) is 6.25. The van der Waals surface area contributed by atoms with Crippen LogP contribution in [-0.2, 0) is 0 Å². The summed E-state index contributed by atoms with van der Waals surface area (Å²) in [5.41, 5.74) is 0. The maximum atomic E-state index is 2.52. The van der Waals surface area contributed by atoms with E-state index in [1.54, 1.807) is 0 Å². The van der Waals surface area contributed by atoms with Crippen LogP contribution in [0.25, 0.3) is 0 Å². The van der Waals surface area contributed by atoms with Crippen molar-refractivity contribution in [3.05, 3.63) is 60.7 Å². The first kappa shape index (κ1) is 18.4. The molecule has 1 atom stereocenters. The van der Waals surface area contributed by atoms with Gasteiger partial charge < -0.3 is 4.90 Å². The summed E-state index contributed by atoms with van der Waals surface area (Å²) < 4.78 is 0.514. The van der Waals surface area contributed by atoms with Crippen LogP contribution >= 0.6 is 23.5 Å². The van der Waals surface area contributed by atoms with Crippen LogP contribution < -0.4 is 0 Å². The Hall–Kier alpha value is -0.900. The second-order valence-corrected chi connectivity index (χ2v) is 8.42. The smallest absolute Gasteiger partial charge is 0.0634 e. The summed E-state index contributed by atoms with van der Waals surface area (Å²) in [5.74, 6) is 0.616. The van der Waals surface area contributed by atoms with E-state index in [9.17, 15) is 0 Å². The van der Waals surface area contributed by atoms with Crippen molar-refractivity contribution < 1.29 is 0 Å². The molecule has 0 aromatic heterocycles. The highest BCUT2D eigenvalue weighted by atomic mass is 32.2. The van der Waals surface area contributed by atoms with Crippen molar-refractivity contribution in [1.82, 2.24) is 4.90 Å². The molecular weight excluding hydrogens is 318 g/mol. The van der Waals surface area contributed by atoms with Crippen LogP contribution in [0.4, 0.5) is 0 Å². The van der Waals surface area contributed by atoms with Crippen molar-refractivity contribution in [3.8, 4) is 0 Å². The van der Waals surface area contributed by atoms with Gasteiger partial charge in [0.25, 0.3) is 0 Å². The lowest BCUT2D eigenvalue weighted by Crippen LogP contribution is -2.31. The van der Waals surface area contributed by atoms with Crippen molar-refractivity contribution in [2.75, 3.05) is 19.6 Å². The molecule has 0 N–H and O–H groups in total. The molecular formula is C20H27NS2. The summed E-state index contributed by atoms with van der Waals surface area (Å²) in [5, 5.41) is 0. The monoisotopic (exact) mass is 345 g/mol. The van der Waals surface area contributed by atoms with Crippen molar-refractivity contribution in [1.29, 1.82) is 0 Å². The van der Waals surface area contributed by atoms with Gasteiger partial charge in [0, 0.05) is 16.3 Å². The first-order valence-electron chi connectivity index (χ1n) is 8.38. The molecule has 0 saturated heterocycles. The molecule has 2 aromatic carbocycles. The number of nitrogens with zero attached hydrogens (tertiary/aromatic N) is 1. The van der Waals surface area contributed by atoms with E-state index in [0.717, 1.165) is 19.6 Å². The summed E-state index contributed by atoms with van der Waals surface area (Å²) in [6, 6.07) is 21.5. The third-order valence-electron chi connectivity index (χ3n) is 3.90. The van der Waals surface area contributed by atoms with Gasteiger partial charge in [-0.3, -0.25) is 0 Å². The average Bonchev–Trinajstić information content (AvgIpc) is 2.60. The van der Waals surface area contributed by atoms with Crippen LogP contribution in [0, 0.1) is 5.92 Å². The van der Waals surface area contributed by atoms with E-state index in [4.69, 9.17) is 0 Å². The minimum atomic E-state index is 0.514. The lowest BCUT2D eigenvalue weighted by molar-refractivity contribution is 0.268. The van der Waals surface area contributed by atoms with Crippen LogP contribution in [0.15, 0.2) is 70.5 Å². The Balaban J connectivity index is 2.09. The second-order valence-electron chi connectivity index (χ2n) is 5.69. The first-order chi connectivity index (χ1) is 11.2. The molecule has 124 valence electrons. The zero-order chi connectivity index (χ0) is 16.5. The number of benzene rings is 2. The highest BCUT2D eigenvalue weighted by Gasteiger charge is 2.21.